The molecule has 0 aromatic rings. The Hall–Kier alpha value is 0.0249. The summed E-state index contributed by atoms with van der Waals surface area (Å²) < 4.78 is 0. The maximum atomic E-state index is 3.33. The van der Waals surface area contributed by atoms with Gasteiger partial charge in [-0.05, 0) is 19.0 Å². The van der Waals surface area contributed by atoms with Crippen LogP contribution in [0.1, 0.15) is 13.8 Å². The molecule has 0 amide bonds. The van der Waals surface area contributed by atoms with E-state index in [0.29, 0.717) is 0 Å². The molecular formula is C6H16BN. The van der Waals surface area contributed by atoms with E-state index in [1.807, 2.05) is 0 Å². The van der Waals surface area contributed by atoms with Crippen molar-refractivity contribution in [3.63, 3.8) is 0 Å². The van der Waals surface area contributed by atoms with Crippen LogP contribution in [0.2, 0.25) is 6.32 Å². The van der Waals surface area contributed by atoms with E-state index in [0.717, 1.165) is 19.0 Å². The van der Waals surface area contributed by atoms with Gasteiger partial charge in [0.15, 0.2) is 0 Å². The third-order valence-electron chi connectivity index (χ3n) is 0.979. The summed E-state index contributed by atoms with van der Waals surface area (Å²) in [5.74, 6) is 0.793. The van der Waals surface area contributed by atoms with E-state index in [4.69, 9.17) is 0 Å². The zero-order valence-electron chi connectivity index (χ0n) is 6.20. The molecule has 0 saturated carbocycles. The maximum Gasteiger partial charge on any atom is 0.102 e. The van der Waals surface area contributed by atoms with Gasteiger partial charge in [-0.15, -0.1) is 0 Å². The highest BCUT2D eigenvalue weighted by Crippen LogP contribution is 1.85. The van der Waals surface area contributed by atoms with E-state index >= 15 is 0 Å². The van der Waals surface area contributed by atoms with Gasteiger partial charge in [0.1, 0.15) is 7.85 Å². The van der Waals surface area contributed by atoms with E-state index in [1.165, 1.54) is 6.32 Å². The van der Waals surface area contributed by atoms with Gasteiger partial charge in [0.2, 0.25) is 0 Å². The first-order chi connectivity index (χ1) is 3.77. The first-order valence-corrected chi connectivity index (χ1v) is 3.48. The standard InChI is InChI=1S/C6H16BN/c1-6(2)5-8-4-3-7/h6,8H,3-5,7H2,1-2H3. The first-order valence-electron chi connectivity index (χ1n) is 3.48. The van der Waals surface area contributed by atoms with Crippen molar-refractivity contribution in [2.75, 3.05) is 13.1 Å². The number of hydrogen-bond acceptors (Lipinski definition) is 1. The molecule has 0 heterocycles. The van der Waals surface area contributed by atoms with Crippen LogP contribution in [0.4, 0.5) is 0 Å². The second kappa shape index (κ2) is 5.17. The molecule has 0 saturated heterocycles. The quantitative estimate of drug-likeness (QED) is 0.408. The lowest BCUT2D eigenvalue weighted by Crippen LogP contribution is -2.20. The molecule has 0 aliphatic rings. The fourth-order valence-corrected chi connectivity index (χ4v) is 0.568. The Labute approximate surface area is 53.3 Å². The summed E-state index contributed by atoms with van der Waals surface area (Å²) in [5.41, 5.74) is 0. The van der Waals surface area contributed by atoms with Crippen LogP contribution in [-0.4, -0.2) is 20.9 Å². The summed E-state index contributed by atoms with van der Waals surface area (Å²) in [6, 6.07) is 0. The number of rotatable bonds is 4. The molecule has 0 atom stereocenters. The van der Waals surface area contributed by atoms with Crippen LogP contribution in [0.3, 0.4) is 0 Å². The lowest BCUT2D eigenvalue weighted by Gasteiger charge is -2.03. The normalized spacial score (nSPS) is 10.4. The summed E-state index contributed by atoms with van der Waals surface area (Å²) in [6.07, 6.45) is 1.24. The minimum atomic E-state index is 0.793. The Balaban J connectivity index is 2.72. The monoisotopic (exact) mass is 113 g/mol. The lowest BCUT2D eigenvalue weighted by molar-refractivity contribution is 0.566. The van der Waals surface area contributed by atoms with Crippen molar-refractivity contribution < 1.29 is 0 Å². The fraction of sp³-hybridized carbons (Fsp3) is 1.00. The van der Waals surface area contributed by atoms with Crippen molar-refractivity contribution in [2.45, 2.75) is 20.2 Å². The second-order valence-corrected chi connectivity index (χ2v) is 2.60. The minimum absolute atomic E-state index is 0.793. The Kier molecular flexibility index (Phi) is 5.18. The molecule has 0 rings (SSSR count). The van der Waals surface area contributed by atoms with Crippen LogP contribution in [0.5, 0.6) is 0 Å². The zero-order chi connectivity index (χ0) is 6.41. The zero-order valence-corrected chi connectivity index (χ0v) is 6.20. The molecule has 8 heavy (non-hydrogen) atoms. The molecule has 0 aromatic heterocycles. The molecule has 0 unspecified atom stereocenters. The van der Waals surface area contributed by atoms with Gasteiger partial charge in [-0.1, -0.05) is 20.2 Å². The molecule has 0 radical (unpaired) electrons. The van der Waals surface area contributed by atoms with Crippen LogP contribution < -0.4 is 5.32 Å². The predicted molar refractivity (Wildman–Crippen MR) is 41.1 cm³/mol. The van der Waals surface area contributed by atoms with Crippen LogP contribution in [0.25, 0.3) is 0 Å². The third-order valence-corrected chi connectivity index (χ3v) is 0.979. The van der Waals surface area contributed by atoms with Gasteiger partial charge in [-0.2, -0.15) is 0 Å². The highest BCUT2D eigenvalue weighted by molar-refractivity contribution is 6.08. The van der Waals surface area contributed by atoms with E-state index < -0.39 is 0 Å². The Morgan fingerprint density at radius 2 is 2.12 bits per heavy atom. The van der Waals surface area contributed by atoms with Gasteiger partial charge >= 0.3 is 0 Å². The Morgan fingerprint density at radius 1 is 1.50 bits per heavy atom. The van der Waals surface area contributed by atoms with Crippen molar-refractivity contribution in [1.29, 1.82) is 0 Å². The molecule has 0 spiro atoms. The first kappa shape index (κ1) is 8.02. The van der Waals surface area contributed by atoms with Gasteiger partial charge in [0.05, 0.1) is 0 Å². The van der Waals surface area contributed by atoms with Gasteiger partial charge in [0.25, 0.3) is 0 Å². The highest BCUT2D eigenvalue weighted by atomic mass is 14.8. The molecule has 1 nitrogen and oxygen atoms in total. The molecule has 1 N–H and O–H groups in total. The van der Waals surface area contributed by atoms with E-state index in [2.05, 4.69) is 27.0 Å². The third kappa shape index (κ3) is 6.02. The fourth-order valence-electron chi connectivity index (χ4n) is 0.568. The van der Waals surface area contributed by atoms with E-state index in [-0.39, 0.29) is 0 Å². The minimum Gasteiger partial charge on any atom is -0.317 e. The summed E-state index contributed by atoms with van der Waals surface area (Å²) >= 11 is 0. The molecular weight excluding hydrogens is 96.9 g/mol. The smallest absolute Gasteiger partial charge is 0.102 e. The molecule has 0 aliphatic carbocycles. The predicted octanol–water partition coefficient (Wildman–Crippen LogP) is 0.283. The van der Waals surface area contributed by atoms with Crippen LogP contribution in [-0.2, 0) is 0 Å². The van der Waals surface area contributed by atoms with Crippen molar-refractivity contribution in [3.8, 4) is 0 Å². The Morgan fingerprint density at radius 3 is 2.50 bits per heavy atom. The maximum absolute atomic E-state index is 3.33. The number of nitrogens with one attached hydrogen (secondary N) is 1. The topological polar surface area (TPSA) is 12.0 Å². The molecule has 0 fully saturated rings. The van der Waals surface area contributed by atoms with E-state index in [1.54, 1.807) is 0 Å². The summed E-state index contributed by atoms with van der Waals surface area (Å²) in [6.45, 7) is 6.78. The summed E-state index contributed by atoms with van der Waals surface area (Å²) in [7, 11) is 2.19. The van der Waals surface area contributed by atoms with Crippen molar-refractivity contribution in [2.24, 2.45) is 5.92 Å². The van der Waals surface area contributed by atoms with Gasteiger partial charge in [0, 0.05) is 0 Å². The van der Waals surface area contributed by atoms with Crippen molar-refractivity contribution in [1.82, 2.24) is 5.32 Å². The largest absolute Gasteiger partial charge is 0.317 e. The second-order valence-electron chi connectivity index (χ2n) is 2.60. The highest BCUT2D eigenvalue weighted by Gasteiger charge is 1.88. The van der Waals surface area contributed by atoms with E-state index in [9.17, 15) is 0 Å². The molecule has 0 bridgehead atoms. The van der Waals surface area contributed by atoms with Crippen molar-refractivity contribution >= 4 is 7.85 Å². The van der Waals surface area contributed by atoms with Gasteiger partial charge in [-0.3, -0.25) is 0 Å². The van der Waals surface area contributed by atoms with Crippen LogP contribution in [0, 0.1) is 5.92 Å². The number of hydrogen-bond donors (Lipinski definition) is 1. The molecule has 48 valence electrons. The lowest BCUT2D eigenvalue weighted by atomic mass is 10.1. The summed E-state index contributed by atoms with van der Waals surface area (Å²) in [5, 5.41) is 3.33. The summed E-state index contributed by atoms with van der Waals surface area (Å²) in [4.78, 5) is 0. The molecule has 2 heteroatoms. The Bertz CT molecular complexity index is 45.8. The molecule has 0 aliphatic heterocycles. The average Bonchev–Trinajstić information content (AvgIpc) is 1.66. The van der Waals surface area contributed by atoms with Gasteiger partial charge < -0.3 is 5.32 Å². The van der Waals surface area contributed by atoms with Gasteiger partial charge in [-0.25, -0.2) is 0 Å². The molecule has 0 aromatic carbocycles. The SMILES string of the molecule is BCCNCC(C)C. The van der Waals surface area contributed by atoms with Crippen molar-refractivity contribution in [3.05, 3.63) is 0 Å². The van der Waals surface area contributed by atoms with Crippen LogP contribution >= 0.6 is 0 Å². The average molecular weight is 113 g/mol. The van der Waals surface area contributed by atoms with Crippen LogP contribution in [0.15, 0.2) is 0 Å².